The standard InChI is InChI=1S/C14H19BrO2S/c1-2-18-6-4-13(16)9-11-8-12(15)7-10-3-5-17-14(10)11/h7-8,13,16H,2-6,9H2,1H3. The fourth-order valence-corrected chi connectivity index (χ4v) is 3.50. The molecule has 0 aromatic heterocycles. The van der Waals surface area contributed by atoms with Crippen LogP contribution >= 0.6 is 27.7 Å². The van der Waals surface area contributed by atoms with Gasteiger partial charge in [-0.1, -0.05) is 22.9 Å². The molecule has 18 heavy (non-hydrogen) atoms. The fraction of sp³-hybridized carbons (Fsp3) is 0.571. The van der Waals surface area contributed by atoms with Crippen LogP contribution in [0.5, 0.6) is 5.75 Å². The van der Waals surface area contributed by atoms with Crippen molar-refractivity contribution in [1.29, 1.82) is 0 Å². The largest absolute Gasteiger partial charge is 0.493 e. The first-order valence-corrected chi connectivity index (χ1v) is 8.35. The summed E-state index contributed by atoms with van der Waals surface area (Å²) in [6, 6.07) is 4.19. The summed E-state index contributed by atoms with van der Waals surface area (Å²) in [5.41, 5.74) is 2.39. The van der Waals surface area contributed by atoms with Crippen LogP contribution in [0.2, 0.25) is 0 Å². The number of hydrogen-bond acceptors (Lipinski definition) is 3. The number of ether oxygens (including phenoxy) is 1. The molecule has 0 aliphatic carbocycles. The van der Waals surface area contributed by atoms with E-state index in [-0.39, 0.29) is 6.10 Å². The van der Waals surface area contributed by atoms with Crippen molar-refractivity contribution < 1.29 is 9.84 Å². The first kappa shape index (κ1) is 14.2. The van der Waals surface area contributed by atoms with Crippen molar-refractivity contribution in [2.24, 2.45) is 0 Å². The van der Waals surface area contributed by atoms with E-state index in [9.17, 15) is 5.11 Å². The molecule has 1 N–H and O–H groups in total. The first-order chi connectivity index (χ1) is 8.70. The van der Waals surface area contributed by atoms with Crippen molar-refractivity contribution in [3.8, 4) is 5.75 Å². The molecule has 0 radical (unpaired) electrons. The number of halogens is 1. The number of aliphatic hydroxyl groups excluding tert-OH is 1. The molecule has 0 fully saturated rings. The molecular weight excluding hydrogens is 312 g/mol. The van der Waals surface area contributed by atoms with Gasteiger partial charge in [-0.05, 0) is 41.2 Å². The predicted molar refractivity (Wildman–Crippen MR) is 80.7 cm³/mol. The number of benzene rings is 1. The fourth-order valence-electron chi connectivity index (χ4n) is 2.22. The summed E-state index contributed by atoms with van der Waals surface area (Å²) in [5.74, 6) is 3.14. The molecule has 1 atom stereocenters. The molecule has 2 rings (SSSR count). The summed E-state index contributed by atoms with van der Waals surface area (Å²) in [5, 5.41) is 10.1. The highest BCUT2D eigenvalue weighted by atomic mass is 79.9. The van der Waals surface area contributed by atoms with Gasteiger partial charge in [0.25, 0.3) is 0 Å². The van der Waals surface area contributed by atoms with E-state index >= 15 is 0 Å². The second-order valence-electron chi connectivity index (χ2n) is 4.50. The van der Waals surface area contributed by atoms with E-state index in [1.54, 1.807) is 0 Å². The molecule has 0 bridgehead atoms. The lowest BCUT2D eigenvalue weighted by Gasteiger charge is -2.13. The average Bonchev–Trinajstić information content (AvgIpc) is 2.77. The summed E-state index contributed by atoms with van der Waals surface area (Å²) in [4.78, 5) is 0. The minimum atomic E-state index is -0.272. The quantitative estimate of drug-likeness (QED) is 0.810. The molecule has 1 heterocycles. The highest BCUT2D eigenvalue weighted by Gasteiger charge is 2.19. The molecular formula is C14H19BrO2S. The van der Waals surface area contributed by atoms with Gasteiger partial charge in [0, 0.05) is 17.3 Å². The maximum absolute atomic E-state index is 10.1. The third-order valence-electron chi connectivity index (χ3n) is 3.08. The Labute approximate surface area is 121 Å². The van der Waals surface area contributed by atoms with Crippen LogP contribution in [0.1, 0.15) is 24.5 Å². The molecule has 2 nitrogen and oxygen atoms in total. The smallest absolute Gasteiger partial charge is 0.125 e. The Kier molecular flexibility index (Phi) is 5.39. The highest BCUT2D eigenvalue weighted by molar-refractivity contribution is 9.10. The zero-order chi connectivity index (χ0) is 13.0. The Bertz CT molecular complexity index is 409. The third kappa shape index (κ3) is 3.65. The van der Waals surface area contributed by atoms with Crippen LogP contribution in [0.3, 0.4) is 0 Å². The van der Waals surface area contributed by atoms with Crippen LogP contribution in [0.15, 0.2) is 16.6 Å². The summed E-state index contributed by atoms with van der Waals surface area (Å²) < 4.78 is 6.75. The van der Waals surface area contributed by atoms with Crippen LogP contribution in [0.4, 0.5) is 0 Å². The van der Waals surface area contributed by atoms with Crippen molar-refractivity contribution in [3.05, 3.63) is 27.7 Å². The number of hydrogen-bond donors (Lipinski definition) is 1. The van der Waals surface area contributed by atoms with Crippen LogP contribution < -0.4 is 4.74 Å². The van der Waals surface area contributed by atoms with Gasteiger partial charge in [-0.25, -0.2) is 0 Å². The lowest BCUT2D eigenvalue weighted by Crippen LogP contribution is -2.12. The maximum atomic E-state index is 10.1. The summed E-state index contributed by atoms with van der Waals surface area (Å²) >= 11 is 5.40. The molecule has 0 saturated carbocycles. The molecule has 1 aliphatic rings. The number of fused-ring (bicyclic) bond motifs is 1. The van der Waals surface area contributed by atoms with Gasteiger partial charge in [-0.2, -0.15) is 11.8 Å². The van der Waals surface area contributed by atoms with Crippen LogP contribution in [0, 0.1) is 0 Å². The van der Waals surface area contributed by atoms with E-state index in [0.717, 1.165) is 46.7 Å². The number of aliphatic hydroxyl groups is 1. The lowest BCUT2D eigenvalue weighted by atomic mass is 10.0. The molecule has 4 heteroatoms. The minimum absolute atomic E-state index is 0.272. The second-order valence-corrected chi connectivity index (χ2v) is 6.80. The van der Waals surface area contributed by atoms with E-state index in [0.29, 0.717) is 6.42 Å². The molecule has 1 aromatic rings. The number of thioether (sulfide) groups is 1. The van der Waals surface area contributed by atoms with Gasteiger partial charge in [0.15, 0.2) is 0 Å². The Morgan fingerprint density at radius 2 is 2.33 bits per heavy atom. The molecule has 0 amide bonds. The zero-order valence-corrected chi connectivity index (χ0v) is 13.0. The van der Waals surface area contributed by atoms with Gasteiger partial charge in [-0.3, -0.25) is 0 Å². The Balaban J connectivity index is 2.00. The van der Waals surface area contributed by atoms with Gasteiger partial charge in [0.05, 0.1) is 12.7 Å². The Hall–Kier alpha value is -0.190. The van der Waals surface area contributed by atoms with E-state index < -0.39 is 0 Å². The number of rotatable bonds is 6. The van der Waals surface area contributed by atoms with Gasteiger partial charge >= 0.3 is 0 Å². The summed E-state index contributed by atoms with van der Waals surface area (Å²) in [6.07, 6.45) is 2.24. The minimum Gasteiger partial charge on any atom is -0.493 e. The van der Waals surface area contributed by atoms with Crippen molar-refractivity contribution in [1.82, 2.24) is 0 Å². The first-order valence-electron chi connectivity index (χ1n) is 6.40. The molecule has 1 aliphatic heterocycles. The van der Waals surface area contributed by atoms with Crippen molar-refractivity contribution >= 4 is 27.7 Å². The molecule has 100 valence electrons. The average molecular weight is 331 g/mol. The van der Waals surface area contributed by atoms with E-state index in [1.165, 1.54) is 5.56 Å². The Morgan fingerprint density at radius 3 is 3.11 bits per heavy atom. The molecule has 1 aromatic carbocycles. The van der Waals surface area contributed by atoms with E-state index in [2.05, 4.69) is 35.0 Å². The van der Waals surface area contributed by atoms with Gasteiger partial charge in [0.1, 0.15) is 5.75 Å². The van der Waals surface area contributed by atoms with Gasteiger partial charge in [0.2, 0.25) is 0 Å². The normalized spacial score (nSPS) is 15.3. The van der Waals surface area contributed by atoms with E-state index in [4.69, 9.17) is 4.74 Å². The van der Waals surface area contributed by atoms with Crippen molar-refractivity contribution in [2.45, 2.75) is 32.3 Å². The summed E-state index contributed by atoms with van der Waals surface area (Å²) in [6.45, 7) is 2.91. The van der Waals surface area contributed by atoms with E-state index in [1.807, 2.05) is 11.8 Å². The predicted octanol–water partition coefficient (Wildman–Crippen LogP) is 3.43. The Morgan fingerprint density at radius 1 is 1.50 bits per heavy atom. The maximum Gasteiger partial charge on any atom is 0.125 e. The van der Waals surface area contributed by atoms with Crippen LogP contribution in [0.25, 0.3) is 0 Å². The van der Waals surface area contributed by atoms with Gasteiger partial charge < -0.3 is 9.84 Å². The lowest BCUT2D eigenvalue weighted by molar-refractivity contribution is 0.171. The van der Waals surface area contributed by atoms with Crippen LogP contribution in [-0.2, 0) is 12.8 Å². The SMILES string of the molecule is CCSCCC(O)Cc1cc(Br)cc2c1OCC2. The molecule has 0 saturated heterocycles. The summed E-state index contributed by atoms with van der Waals surface area (Å²) in [7, 11) is 0. The van der Waals surface area contributed by atoms with Crippen LogP contribution in [-0.4, -0.2) is 29.3 Å². The van der Waals surface area contributed by atoms with Crippen molar-refractivity contribution in [3.63, 3.8) is 0 Å². The highest BCUT2D eigenvalue weighted by Crippen LogP contribution is 2.33. The monoisotopic (exact) mass is 330 g/mol. The third-order valence-corrected chi connectivity index (χ3v) is 4.47. The van der Waals surface area contributed by atoms with Crippen molar-refractivity contribution in [2.75, 3.05) is 18.1 Å². The molecule has 1 unspecified atom stereocenters. The van der Waals surface area contributed by atoms with Gasteiger partial charge in [-0.15, -0.1) is 0 Å². The second kappa shape index (κ2) is 6.83. The topological polar surface area (TPSA) is 29.5 Å². The molecule has 0 spiro atoms. The zero-order valence-electron chi connectivity index (χ0n) is 10.6.